The van der Waals surface area contributed by atoms with Gasteiger partial charge in [0, 0.05) is 29.7 Å². The monoisotopic (exact) mass is 272 g/mol. The van der Waals surface area contributed by atoms with E-state index >= 15 is 0 Å². The minimum Gasteiger partial charge on any atom is -0.306 e. The molecule has 0 radical (unpaired) electrons. The van der Waals surface area contributed by atoms with E-state index in [1.165, 1.54) is 11.1 Å². The normalized spacial score (nSPS) is 12.6. The zero-order valence-electron chi connectivity index (χ0n) is 12.8. The van der Waals surface area contributed by atoms with Crippen molar-refractivity contribution in [2.75, 3.05) is 6.54 Å². The Morgan fingerprint density at radius 1 is 1.15 bits per heavy atom. The van der Waals surface area contributed by atoms with Crippen LogP contribution in [0.1, 0.15) is 48.8 Å². The highest BCUT2D eigenvalue weighted by Gasteiger charge is 2.16. The smallest absolute Gasteiger partial charge is 0.0609 e. The average molecular weight is 272 g/mol. The van der Waals surface area contributed by atoms with Gasteiger partial charge in [0.15, 0.2) is 0 Å². The van der Waals surface area contributed by atoms with Crippen LogP contribution in [-0.2, 0) is 6.54 Å². The predicted molar refractivity (Wildman–Crippen MR) is 81.7 cm³/mol. The first-order valence-electron chi connectivity index (χ1n) is 7.35. The lowest BCUT2D eigenvalue weighted by Gasteiger charge is -2.18. The molecule has 0 spiro atoms. The second-order valence-corrected chi connectivity index (χ2v) is 5.20. The van der Waals surface area contributed by atoms with E-state index < -0.39 is 0 Å². The van der Waals surface area contributed by atoms with Gasteiger partial charge >= 0.3 is 0 Å². The standard InChI is InChI=1S/C16H24N4/c1-5-7-17-16(15-10-18-20(6-2)11-15)14-8-12(3)19-13(4)9-14/h8-11,16-17H,5-7H2,1-4H3. The summed E-state index contributed by atoms with van der Waals surface area (Å²) in [7, 11) is 0. The van der Waals surface area contributed by atoms with Crippen molar-refractivity contribution < 1.29 is 0 Å². The summed E-state index contributed by atoms with van der Waals surface area (Å²) in [6.45, 7) is 10.3. The van der Waals surface area contributed by atoms with Gasteiger partial charge in [0.25, 0.3) is 0 Å². The topological polar surface area (TPSA) is 42.7 Å². The minimum atomic E-state index is 0.190. The third-order valence-corrected chi connectivity index (χ3v) is 3.35. The van der Waals surface area contributed by atoms with E-state index in [1.54, 1.807) is 0 Å². The minimum absolute atomic E-state index is 0.190. The second kappa shape index (κ2) is 6.66. The lowest BCUT2D eigenvalue weighted by atomic mass is 10.0. The molecule has 1 N–H and O–H groups in total. The first kappa shape index (κ1) is 14.7. The average Bonchev–Trinajstić information content (AvgIpc) is 2.87. The first-order chi connectivity index (χ1) is 9.63. The molecule has 0 aliphatic heterocycles. The largest absolute Gasteiger partial charge is 0.306 e. The van der Waals surface area contributed by atoms with Crippen LogP contribution >= 0.6 is 0 Å². The molecule has 0 bridgehead atoms. The van der Waals surface area contributed by atoms with Gasteiger partial charge in [0.2, 0.25) is 0 Å². The molecule has 0 aromatic carbocycles. The molecule has 0 saturated heterocycles. The molecule has 108 valence electrons. The fourth-order valence-corrected chi connectivity index (χ4v) is 2.45. The van der Waals surface area contributed by atoms with Gasteiger partial charge in [-0.05, 0) is 51.4 Å². The molecule has 2 aromatic heterocycles. The number of pyridine rings is 1. The highest BCUT2D eigenvalue weighted by atomic mass is 15.3. The van der Waals surface area contributed by atoms with Crippen molar-refractivity contribution in [1.29, 1.82) is 0 Å². The molecule has 4 heteroatoms. The van der Waals surface area contributed by atoms with Crippen molar-refractivity contribution in [2.45, 2.75) is 46.7 Å². The van der Waals surface area contributed by atoms with Gasteiger partial charge in [-0.1, -0.05) is 6.92 Å². The lowest BCUT2D eigenvalue weighted by molar-refractivity contribution is 0.595. The van der Waals surface area contributed by atoms with Gasteiger partial charge in [0.05, 0.1) is 12.2 Å². The fourth-order valence-electron chi connectivity index (χ4n) is 2.45. The van der Waals surface area contributed by atoms with Crippen LogP contribution in [0.15, 0.2) is 24.5 Å². The number of nitrogens with zero attached hydrogens (tertiary/aromatic N) is 3. The van der Waals surface area contributed by atoms with E-state index in [0.29, 0.717) is 0 Å². The maximum Gasteiger partial charge on any atom is 0.0609 e. The summed E-state index contributed by atoms with van der Waals surface area (Å²) in [6, 6.07) is 4.50. The van der Waals surface area contributed by atoms with Crippen molar-refractivity contribution in [3.63, 3.8) is 0 Å². The zero-order chi connectivity index (χ0) is 14.5. The molecule has 2 heterocycles. The van der Waals surface area contributed by atoms with E-state index in [1.807, 2.05) is 24.7 Å². The molecule has 2 rings (SSSR count). The number of hydrogen-bond donors (Lipinski definition) is 1. The first-order valence-corrected chi connectivity index (χ1v) is 7.35. The number of hydrogen-bond acceptors (Lipinski definition) is 3. The Hall–Kier alpha value is -1.68. The van der Waals surface area contributed by atoms with Gasteiger partial charge in [-0.15, -0.1) is 0 Å². The Labute approximate surface area is 121 Å². The number of aryl methyl sites for hydroxylation is 3. The molecule has 0 amide bonds. The molecule has 1 atom stereocenters. The number of nitrogens with one attached hydrogen (secondary N) is 1. The van der Waals surface area contributed by atoms with E-state index in [-0.39, 0.29) is 6.04 Å². The molecule has 0 fully saturated rings. The van der Waals surface area contributed by atoms with Crippen LogP contribution in [-0.4, -0.2) is 21.3 Å². The SMILES string of the molecule is CCCNC(c1cc(C)nc(C)c1)c1cnn(CC)c1. The van der Waals surface area contributed by atoms with Crippen molar-refractivity contribution in [3.8, 4) is 0 Å². The maximum atomic E-state index is 4.46. The van der Waals surface area contributed by atoms with Gasteiger partial charge in [0.1, 0.15) is 0 Å². The molecule has 2 aromatic rings. The summed E-state index contributed by atoms with van der Waals surface area (Å²) in [6.07, 6.45) is 5.20. The van der Waals surface area contributed by atoms with Crippen LogP contribution in [0.3, 0.4) is 0 Å². The van der Waals surface area contributed by atoms with Gasteiger partial charge in [-0.2, -0.15) is 5.10 Å². The Morgan fingerprint density at radius 3 is 2.40 bits per heavy atom. The van der Waals surface area contributed by atoms with Crippen molar-refractivity contribution in [2.24, 2.45) is 0 Å². The number of aromatic nitrogens is 3. The van der Waals surface area contributed by atoms with E-state index in [9.17, 15) is 0 Å². The van der Waals surface area contributed by atoms with E-state index in [0.717, 1.165) is 30.9 Å². The van der Waals surface area contributed by atoms with E-state index in [4.69, 9.17) is 0 Å². The van der Waals surface area contributed by atoms with Gasteiger partial charge < -0.3 is 5.32 Å². The van der Waals surface area contributed by atoms with Crippen LogP contribution in [0, 0.1) is 13.8 Å². The highest BCUT2D eigenvalue weighted by molar-refractivity contribution is 5.31. The van der Waals surface area contributed by atoms with Crippen molar-refractivity contribution >= 4 is 0 Å². The second-order valence-electron chi connectivity index (χ2n) is 5.20. The van der Waals surface area contributed by atoms with E-state index in [2.05, 4.69) is 47.6 Å². The molecule has 1 unspecified atom stereocenters. The highest BCUT2D eigenvalue weighted by Crippen LogP contribution is 2.23. The Kier molecular flexibility index (Phi) is 4.90. The lowest BCUT2D eigenvalue weighted by Crippen LogP contribution is -2.23. The van der Waals surface area contributed by atoms with Crippen molar-refractivity contribution in [3.05, 3.63) is 47.0 Å². The maximum absolute atomic E-state index is 4.46. The van der Waals surface area contributed by atoms with Crippen molar-refractivity contribution in [1.82, 2.24) is 20.1 Å². The molecular weight excluding hydrogens is 248 g/mol. The third-order valence-electron chi connectivity index (χ3n) is 3.35. The van der Waals surface area contributed by atoms with Crippen LogP contribution < -0.4 is 5.32 Å². The molecular formula is C16H24N4. The van der Waals surface area contributed by atoms with Gasteiger partial charge in [-0.25, -0.2) is 0 Å². The summed E-state index contributed by atoms with van der Waals surface area (Å²) in [5, 5.41) is 8.01. The predicted octanol–water partition coefficient (Wildman–Crippen LogP) is 3.00. The van der Waals surface area contributed by atoms with Crippen LogP contribution in [0.4, 0.5) is 0 Å². The molecule has 0 aliphatic carbocycles. The Balaban J connectivity index is 2.35. The summed E-state index contributed by atoms with van der Waals surface area (Å²) in [4.78, 5) is 4.46. The summed E-state index contributed by atoms with van der Waals surface area (Å²) >= 11 is 0. The summed E-state index contributed by atoms with van der Waals surface area (Å²) < 4.78 is 1.97. The molecule has 0 saturated carbocycles. The quantitative estimate of drug-likeness (QED) is 0.879. The fraction of sp³-hybridized carbons (Fsp3) is 0.500. The Morgan fingerprint density at radius 2 is 1.85 bits per heavy atom. The summed E-state index contributed by atoms with van der Waals surface area (Å²) in [5.74, 6) is 0. The zero-order valence-corrected chi connectivity index (χ0v) is 12.8. The van der Waals surface area contributed by atoms with Crippen LogP contribution in [0.25, 0.3) is 0 Å². The Bertz CT molecular complexity index is 539. The number of rotatable bonds is 6. The molecule has 0 aliphatic rings. The van der Waals surface area contributed by atoms with Crippen LogP contribution in [0.5, 0.6) is 0 Å². The molecule has 20 heavy (non-hydrogen) atoms. The third kappa shape index (κ3) is 3.45. The summed E-state index contributed by atoms with van der Waals surface area (Å²) in [5.41, 5.74) is 4.60. The van der Waals surface area contributed by atoms with Gasteiger partial charge in [-0.3, -0.25) is 9.67 Å². The van der Waals surface area contributed by atoms with Crippen LogP contribution in [0.2, 0.25) is 0 Å². The molecule has 4 nitrogen and oxygen atoms in total.